The number of nitrogens with one attached hydrogen (secondary N) is 2. The van der Waals surface area contributed by atoms with Crippen molar-refractivity contribution in [2.75, 3.05) is 0 Å². The van der Waals surface area contributed by atoms with Gasteiger partial charge in [-0.2, -0.15) is 0 Å². The molecular weight excluding hydrogens is 350 g/mol. The van der Waals surface area contributed by atoms with Gasteiger partial charge in [0.1, 0.15) is 5.82 Å². The first-order valence-electron chi connectivity index (χ1n) is 8.39. The number of urea groups is 1. The first-order chi connectivity index (χ1) is 12.2. The highest BCUT2D eigenvalue weighted by Gasteiger charge is 2.22. The molecule has 2 rings (SSSR count). The molecule has 0 aliphatic carbocycles. The van der Waals surface area contributed by atoms with Gasteiger partial charge in [-0.05, 0) is 40.2 Å². The molecule has 0 radical (unpaired) electrons. The maximum absolute atomic E-state index is 12.3. The van der Waals surface area contributed by atoms with Crippen LogP contribution in [0.1, 0.15) is 39.1 Å². The maximum atomic E-state index is 12.3. The molecule has 8 heteroatoms. The standard InChI is InChI=1S/C18H25N5O2S/c1-12(15(24)19-16(25)20-18(3,4)5)26-17-22-21-13(2)23(17)11-14-9-7-6-8-10-14/h6-10,12H,11H2,1-5H3,(H2,19,20,24,25). The van der Waals surface area contributed by atoms with Crippen LogP contribution in [0.15, 0.2) is 35.5 Å². The molecule has 0 spiro atoms. The second-order valence-corrected chi connectivity index (χ2v) is 8.36. The Bertz CT molecular complexity index is 768. The van der Waals surface area contributed by atoms with Crippen LogP contribution in [0.2, 0.25) is 0 Å². The number of carbonyl (C=O) groups is 2. The zero-order chi connectivity index (χ0) is 19.3. The molecule has 140 valence electrons. The number of aromatic nitrogens is 3. The highest BCUT2D eigenvalue weighted by Crippen LogP contribution is 2.23. The molecule has 0 aliphatic rings. The number of rotatable bonds is 5. The quantitative estimate of drug-likeness (QED) is 0.785. The molecule has 26 heavy (non-hydrogen) atoms. The zero-order valence-corrected chi connectivity index (χ0v) is 16.6. The fourth-order valence-corrected chi connectivity index (χ4v) is 3.09. The van der Waals surface area contributed by atoms with Crippen molar-refractivity contribution in [1.29, 1.82) is 0 Å². The Morgan fingerprint density at radius 1 is 1.19 bits per heavy atom. The van der Waals surface area contributed by atoms with Crippen LogP contribution in [-0.2, 0) is 11.3 Å². The van der Waals surface area contributed by atoms with E-state index in [0.717, 1.165) is 11.4 Å². The number of hydrogen-bond acceptors (Lipinski definition) is 5. The average molecular weight is 375 g/mol. The summed E-state index contributed by atoms with van der Waals surface area (Å²) in [5, 5.41) is 13.5. The third kappa shape index (κ3) is 5.87. The minimum Gasteiger partial charge on any atom is -0.333 e. The molecule has 1 heterocycles. The Morgan fingerprint density at radius 3 is 2.46 bits per heavy atom. The van der Waals surface area contributed by atoms with E-state index in [1.807, 2.05) is 62.6 Å². The van der Waals surface area contributed by atoms with Crippen LogP contribution in [0.3, 0.4) is 0 Å². The van der Waals surface area contributed by atoms with Crippen molar-refractivity contribution in [2.45, 2.75) is 57.1 Å². The fraction of sp³-hybridized carbons (Fsp3) is 0.444. The molecule has 3 amide bonds. The van der Waals surface area contributed by atoms with Gasteiger partial charge < -0.3 is 9.88 Å². The Kier molecular flexibility index (Phi) is 6.42. The topological polar surface area (TPSA) is 88.9 Å². The van der Waals surface area contributed by atoms with Gasteiger partial charge in [0.15, 0.2) is 5.16 Å². The Morgan fingerprint density at radius 2 is 1.85 bits per heavy atom. The van der Waals surface area contributed by atoms with Gasteiger partial charge in [-0.3, -0.25) is 10.1 Å². The Hall–Kier alpha value is -2.35. The number of imide groups is 1. The number of amides is 3. The second-order valence-electron chi connectivity index (χ2n) is 7.05. The van der Waals surface area contributed by atoms with E-state index >= 15 is 0 Å². The van der Waals surface area contributed by atoms with Crippen LogP contribution in [0.4, 0.5) is 4.79 Å². The van der Waals surface area contributed by atoms with E-state index in [1.54, 1.807) is 6.92 Å². The molecule has 1 unspecified atom stereocenters. The molecule has 1 atom stereocenters. The van der Waals surface area contributed by atoms with E-state index in [2.05, 4.69) is 20.8 Å². The van der Waals surface area contributed by atoms with E-state index in [1.165, 1.54) is 11.8 Å². The first-order valence-corrected chi connectivity index (χ1v) is 9.27. The molecule has 0 aliphatic heterocycles. The molecule has 0 fully saturated rings. The molecule has 0 bridgehead atoms. The number of nitrogens with zero attached hydrogens (tertiary/aromatic N) is 3. The Labute approximate surface area is 158 Å². The van der Waals surface area contributed by atoms with Gasteiger partial charge in [0.05, 0.1) is 11.8 Å². The molecule has 2 aromatic rings. The van der Waals surface area contributed by atoms with Gasteiger partial charge in [-0.1, -0.05) is 42.1 Å². The van der Waals surface area contributed by atoms with E-state index in [4.69, 9.17) is 0 Å². The van der Waals surface area contributed by atoms with E-state index in [9.17, 15) is 9.59 Å². The summed E-state index contributed by atoms with van der Waals surface area (Å²) in [6, 6.07) is 9.48. The van der Waals surface area contributed by atoms with Gasteiger partial charge in [0, 0.05) is 5.54 Å². The first kappa shape index (κ1) is 20.0. The summed E-state index contributed by atoms with van der Waals surface area (Å²) in [6.45, 7) is 9.79. The highest BCUT2D eigenvalue weighted by atomic mass is 32.2. The Balaban J connectivity index is 2.02. The van der Waals surface area contributed by atoms with Crippen LogP contribution in [0.25, 0.3) is 0 Å². The second kappa shape index (κ2) is 8.35. The summed E-state index contributed by atoms with van der Waals surface area (Å²) in [7, 11) is 0. The smallest absolute Gasteiger partial charge is 0.321 e. The minimum atomic E-state index is -0.503. The lowest BCUT2D eigenvalue weighted by atomic mass is 10.1. The van der Waals surface area contributed by atoms with Crippen molar-refractivity contribution in [3.05, 3.63) is 41.7 Å². The predicted molar refractivity (Wildman–Crippen MR) is 102 cm³/mol. The SMILES string of the molecule is Cc1nnc(SC(C)C(=O)NC(=O)NC(C)(C)C)n1Cc1ccccc1. The number of hydrogen-bond donors (Lipinski definition) is 2. The normalized spacial score (nSPS) is 12.5. The third-order valence-corrected chi connectivity index (χ3v) is 4.54. The van der Waals surface area contributed by atoms with Crippen molar-refractivity contribution in [3.8, 4) is 0 Å². The molecule has 7 nitrogen and oxygen atoms in total. The van der Waals surface area contributed by atoms with Gasteiger partial charge in [0.25, 0.3) is 0 Å². The maximum Gasteiger partial charge on any atom is 0.321 e. The summed E-state index contributed by atoms with van der Waals surface area (Å²) in [4.78, 5) is 24.1. The molecule has 0 saturated heterocycles. The number of carbonyl (C=O) groups excluding carboxylic acids is 2. The third-order valence-electron chi connectivity index (χ3n) is 3.46. The summed E-state index contributed by atoms with van der Waals surface area (Å²) in [5.74, 6) is 0.401. The van der Waals surface area contributed by atoms with Crippen LogP contribution < -0.4 is 10.6 Å². The van der Waals surface area contributed by atoms with Gasteiger partial charge in [-0.25, -0.2) is 4.79 Å². The highest BCUT2D eigenvalue weighted by molar-refractivity contribution is 8.00. The summed E-state index contributed by atoms with van der Waals surface area (Å²) < 4.78 is 1.96. The van der Waals surface area contributed by atoms with Crippen LogP contribution in [0.5, 0.6) is 0 Å². The largest absolute Gasteiger partial charge is 0.333 e. The summed E-state index contributed by atoms with van der Waals surface area (Å²) in [6.07, 6.45) is 0. The van der Waals surface area contributed by atoms with Crippen molar-refractivity contribution < 1.29 is 9.59 Å². The number of benzene rings is 1. The molecule has 1 aromatic heterocycles. The van der Waals surface area contributed by atoms with Crippen molar-refractivity contribution >= 4 is 23.7 Å². The monoisotopic (exact) mass is 375 g/mol. The van der Waals surface area contributed by atoms with Gasteiger partial charge in [0.2, 0.25) is 5.91 Å². The van der Waals surface area contributed by atoms with E-state index < -0.39 is 16.8 Å². The molecule has 0 saturated carbocycles. The van der Waals surface area contributed by atoms with Crippen molar-refractivity contribution in [3.63, 3.8) is 0 Å². The molecule has 1 aromatic carbocycles. The predicted octanol–water partition coefficient (Wildman–Crippen LogP) is 2.74. The molecule has 2 N–H and O–H groups in total. The lowest BCUT2D eigenvalue weighted by molar-refractivity contribution is -0.119. The van der Waals surface area contributed by atoms with Gasteiger partial charge in [-0.15, -0.1) is 10.2 Å². The minimum absolute atomic E-state index is 0.372. The number of aryl methyl sites for hydroxylation is 1. The van der Waals surface area contributed by atoms with Crippen LogP contribution >= 0.6 is 11.8 Å². The van der Waals surface area contributed by atoms with E-state index in [-0.39, 0.29) is 5.91 Å². The fourth-order valence-electron chi connectivity index (χ4n) is 2.19. The van der Waals surface area contributed by atoms with Gasteiger partial charge >= 0.3 is 6.03 Å². The zero-order valence-electron chi connectivity index (χ0n) is 15.7. The van der Waals surface area contributed by atoms with Crippen LogP contribution in [0, 0.1) is 6.92 Å². The van der Waals surface area contributed by atoms with Crippen molar-refractivity contribution in [2.24, 2.45) is 0 Å². The number of thioether (sulfide) groups is 1. The summed E-state index contributed by atoms with van der Waals surface area (Å²) in [5.41, 5.74) is 0.715. The average Bonchev–Trinajstić information content (AvgIpc) is 2.87. The molecular formula is C18H25N5O2S. The van der Waals surface area contributed by atoms with Crippen molar-refractivity contribution in [1.82, 2.24) is 25.4 Å². The lowest BCUT2D eigenvalue weighted by Gasteiger charge is -2.21. The lowest BCUT2D eigenvalue weighted by Crippen LogP contribution is -2.49. The van der Waals surface area contributed by atoms with E-state index in [0.29, 0.717) is 11.7 Å². The van der Waals surface area contributed by atoms with Crippen LogP contribution in [-0.4, -0.2) is 37.5 Å². The summed E-state index contributed by atoms with van der Waals surface area (Å²) >= 11 is 1.28.